The van der Waals surface area contributed by atoms with Crippen LogP contribution in [0.4, 0.5) is 5.69 Å². The first-order valence-corrected chi connectivity index (χ1v) is 8.25. The maximum atomic E-state index is 5.95. The molecule has 1 heterocycles. The van der Waals surface area contributed by atoms with Crippen LogP contribution in [0.25, 0.3) is 11.4 Å². The molecule has 0 spiro atoms. The SMILES string of the molecule is COc1cccc(NC(N)=NCC(C)c2nc(-c3ccccc3)no2)c1.I. The Morgan fingerprint density at radius 3 is 2.74 bits per heavy atom. The Labute approximate surface area is 175 Å². The Bertz CT molecular complexity index is 883. The number of methoxy groups -OCH3 is 1. The largest absolute Gasteiger partial charge is 0.497 e. The van der Waals surface area contributed by atoms with Crippen molar-refractivity contribution in [3.8, 4) is 17.1 Å². The highest BCUT2D eigenvalue weighted by Crippen LogP contribution is 2.20. The predicted octanol–water partition coefficient (Wildman–Crippen LogP) is 3.89. The number of guanidine groups is 1. The molecule has 0 amide bonds. The second-order valence-electron chi connectivity index (χ2n) is 5.81. The minimum Gasteiger partial charge on any atom is -0.497 e. The van der Waals surface area contributed by atoms with E-state index in [1.165, 1.54) is 0 Å². The number of benzene rings is 2. The highest BCUT2D eigenvalue weighted by Gasteiger charge is 2.15. The summed E-state index contributed by atoms with van der Waals surface area (Å²) in [6, 6.07) is 17.2. The van der Waals surface area contributed by atoms with Crippen LogP contribution in [-0.4, -0.2) is 29.8 Å². The van der Waals surface area contributed by atoms with Gasteiger partial charge in [-0.1, -0.05) is 48.5 Å². The molecule has 0 fully saturated rings. The van der Waals surface area contributed by atoms with Crippen LogP contribution >= 0.6 is 24.0 Å². The van der Waals surface area contributed by atoms with E-state index in [2.05, 4.69) is 20.4 Å². The van der Waals surface area contributed by atoms with E-state index in [0.717, 1.165) is 17.0 Å². The molecular weight excluding hydrogens is 457 g/mol. The Morgan fingerprint density at radius 1 is 1.22 bits per heavy atom. The number of anilines is 1. The fraction of sp³-hybridized carbons (Fsp3) is 0.211. The summed E-state index contributed by atoms with van der Waals surface area (Å²) in [4.78, 5) is 8.79. The molecule has 7 nitrogen and oxygen atoms in total. The Morgan fingerprint density at radius 2 is 2.00 bits per heavy atom. The van der Waals surface area contributed by atoms with E-state index in [1.54, 1.807) is 7.11 Å². The fourth-order valence-corrected chi connectivity index (χ4v) is 2.34. The molecule has 0 radical (unpaired) electrons. The Balaban J connectivity index is 0.00000261. The van der Waals surface area contributed by atoms with Gasteiger partial charge in [0, 0.05) is 17.3 Å². The molecule has 1 atom stereocenters. The van der Waals surface area contributed by atoms with Crippen molar-refractivity contribution in [2.24, 2.45) is 10.7 Å². The summed E-state index contributed by atoms with van der Waals surface area (Å²) in [5.74, 6) is 2.11. The van der Waals surface area contributed by atoms with Crippen LogP contribution in [0.15, 0.2) is 64.1 Å². The molecule has 142 valence electrons. The van der Waals surface area contributed by atoms with Gasteiger partial charge in [0.25, 0.3) is 0 Å². The summed E-state index contributed by atoms with van der Waals surface area (Å²) in [6.45, 7) is 2.39. The van der Waals surface area contributed by atoms with Crippen molar-refractivity contribution >= 4 is 35.6 Å². The van der Waals surface area contributed by atoms with Crippen LogP contribution in [0.1, 0.15) is 18.7 Å². The van der Waals surface area contributed by atoms with Crippen molar-refractivity contribution in [1.29, 1.82) is 0 Å². The first kappa shape index (κ1) is 20.7. The quantitative estimate of drug-likeness (QED) is 0.316. The first-order valence-electron chi connectivity index (χ1n) is 8.25. The first-order chi connectivity index (χ1) is 12.7. The number of aliphatic imine (C=N–C) groups is 1. The summed E-state index contributed by atoms with van der Waals surface area (Å²) in [5.41, 5.74) is 7.67. The van der Waals surface area contributed by atoms with E-state index in [9.17, 15) is 0 Å². The maximum absolute atomic E-state index is 5.95. The molecule has 27 heavy (non-hydrogen) atoms. The summed E-state index contributed by atoms with van der Waals surface area (Å²) in [6.07, 6.45) is 0. The van der Waals surface area contributed by atoms with E-state index >= 15 is 0 Å². The normalized spacial score (nSPS) is 12.1. The number of rotatable bonds is 6. The van der Waals surface area contributed by atoms with Crippen molar-refractivity contribution in [1.82, 2.24) is 10.1 Å². The minimum absolute atomic E-state index is 0. The van der Waals surface area contributed by atoms with Crippen molar-refractivity contribution in [3.63, 3.8) is 0 Å². The summed E-state index contributed by atoms with van der Waals surface area (Å²) in [7, 11) is 1.62. The van der Waals surface area contributed by atoms with Gasteiger partial charge in [-0.25, -0.2) is 0 Å². The van der Waals surface area contributed by atoms with Crippen molar-refractivity contribution < 1.29 is 9.26 Å². The van der Waals surface area contributed by atoms with Gasteiger partial charge in [0.05, 0.1) is 19.6 Å². The van der Waals surface area contributed by atoms with E-state index in [-0.39, 0.29) is 29.9 Å². The molecule has 0 bridgehead atoms. The number of nitrogens with zero attached hydrogens (tertiary/aromatic N) is 3. The van der Waals surface area contributed by atoms with Crippen molar-refractivity contribution in [2.75, 3.05) is 19.0 Å². The molecule has 0 saturated carbocycles. The zero-order valence-corrected chi connectivity index (χ0v) is 17.5. The molecule has 2 aromatic carbocycles. The number of hydrogen-bond acceptors (Lipinski definition) is 5. The second kappa shape index (κ2) is 9.91. The van der Waals surface area contributed by atoms with Gasteiger partial charge < -0.3 is 20.3 Å². The van der Waals surface area contributed by atoms with Crippen LogP contribution in [0.2, 0.25) is 0 Å². The molecule has 3 aromatic rings. The van der Waals surface area contributed by atoms with E-state index < -0.39 is 0 Å². The van der Waals surface area contributed by atoms with Gasteiger partial charge in [-0.15, -0.1) is 24.0 Å². The average Bonchev–Trinajstić information content (AvgIpc) is 3.17. The Kier molecular flexibility index (Phi) is 7.59. The lowest BCUT2D eigenvalue weighted by molar-refractivity contribution is 0.361. The van der Waals surface area contributed by atoms with Gasteiger partial charge in [-0.3, -0.25) is 4.99 Å². The lowest BCUT2D eigenvalue weighted by Crippen LogP contribution is -2.23. The summed E-state index contributed by atoms with van der Waals surface area (Å²) >= 11 is 0. The van der Waals surface area contributed by atoms with E-state index in [1.807, 2.05) is 61.5 Å². The maximum Gasteiger partial charge on any atom is 0.231 e. The highest BCUT2D eigenvalue weighted by molar-refractivity contribution is 14.0. The lowest BCUT2D eigenvalue weighted by Gasteiger charge is -2.08. The summed E-state index contributed by atoms with van der Waals surface area (Å²) in [5, 5.41) is 7.06. The monoisotopic (exact) mass is 479 g/mol. The number of ether oxygens (including phenoxy) is 1. The number of nitrogens with two attached hydrogens (primary N) is 1. The Hall–Kier alpha value is -2.62. The van der Waals surface area contributed by atoms with Crippen molar-refractivity contribution in [2.45, 2.75) is 12.8 Å². The average molecular weight is 479 g/mol. The zero-order valence-electron chi connectivity index (χ0n) is 15.1. The minimum atomic E-state index is -0.0504. The molecule has 0 saturated heterocycles. The molecule has 0 aliphatic heterocycles. The predicted molar refractivity (Wildman–Crippen MR) is 117 cm³/mol. The van der Waals surface area contributed by atoms with Gasteiger partial charge >= 0.3 is 0 Å². The molecule has 8 heteroatoms. The second-order valence-corrected chi connectivity index (χ2v) is 5.81. The molecular formula is C19H22IN5O2. The standard InChI is InChI=1S/C19H21N5O2.HI/c1-13(18-23-17(24-26-18)14-7-4-3-5-8-14)12-21-19(20)22-15-9-6-10-16(11-15)25-2;/h3-11,13H,12H2,1-2H3,(H3,20,21,22);1H. The molecule has 0 aliphatic carbocycles. The van der Waals surface area contributed by atoms with Gasteiger partial charge in [0.2, 0.25) is 11.7 Å². The third kappa shape index (κ3) is 5.68. The third-order valence-electron chi connectivity index (χ3n) is 3.77. The van der Waals surface area contributed by atoms with Gasteiger partial charge in [0.1, 0.15) is 5.75 Å². The molecule has 3 N–H and O–H groups in total. The number of nitrogens with one attached hydrogen (secondary N) is 1. The van der Waals surface area contributed by atoms with E-state index in [0.29, 0.717) is 24.2 Å². The topological polar surface area (TPSA) is 98.6 Å². The van der Waals surface area contributed by atoms with Crippen LogP contribution in [0.5, 0.6) is 5.75 Å². The molecule has 1 aromatic heterocycles. The van der Waals surface area contributed by atoms with Crippen molar-refractivity contribution in [3.05, 3.63) is 60.5 Å². The zero-order chi connectivity index (χ0) is 18.4. The number of halogens is 1. The number of hydrogen-bond donors (Lipinski definition) is 2. The lowest BCUT2D eigenvalue weighted by atomic mass is 10.2. The summed E-state index contributed by atoms with van der Waals surface area (Å²) < 4.78 is 10.5. The highest BCUT2D eigenvalue weighted by atomic mass is 127. The fourth-order valence-electron chi connectivity index (χ4n) is 2.34. The van der Waals surface area contributed by atoms with E-state index in [4.69, 9.17) is 15.0 Å². The van der Waals surface area contributed by atoms with Crippen LogP contribution in [-0.2, 0) is 0 Å². The molecule has 1 unspecified atom stereocenters. The van der Waals surface area contributed by atoms with Crippen LogP contribution in [0.3, 0.4) is 0 Å². The van der Waals surface area contributed by atoms with Crippen LogP contribution < -0.4 is 15.8 Å². The molecule has 3 rings (SSSR count). The number of aromatic nitrogens is 2. The van der Waals surface area contributed by atoms with Gasteiger partial charge in [-0.2, -0.15) is 4.98 Å². The van der Waals surface area contributed by atoms with Gasteiger partial charge in [-0.05, 0) is 12.1 Å². The molecule has 0 aliphatic rings. The van der Waals surface area contributed by atoms with Crippen LogP contribution in [0, 0.1) is 0 Å². The smallest absolute Gasteiger partial charge is 0.231 e. The third-order valence-corrected chi connectivity index (χ3v) is 3.77. The van der Waals surface area contributed by atoms with Gasteiger partial charge in [0.15, 0.2) is 5.96 Å².